The molecule has 0 atom stereocenters. The summed E-state index contributed by atoms with van der Waals surface area (Å²) in [6.07, 6.45) is 2.22. The molecule has 1 aliphatic rings. The highest BCUT2D eigenvalue weighted by atomic mass is 35.5. The Balaban J connectivity index is 1.96. The lowest BCUT2D eigenvalue weighted by atomic mass is 10.1. The van der Waals surface area contributed by atoms with Gasteiger partial charge in [-0.2, -0.15) is 0 Å². The van der Waals surface area contributed by atoms with Gasteiger partial charge in [-0.05, 0) is 30.5 Å². The fourth-order valence-electron chi connectivity index (χ4n) is 1.62. The summed E-state index contributed by atoms with van der Waals surface area (Å²) < 4.78 is 0. The minimum absolute atomic E-state index is 0.0264. The van der Waals surface area contributed by atoms with Crippen molar-refractivity contribution in [3.63, 3.8) is 0 Å². The highest BCUT2D eigenvalue weighted by Gasteiger charge is 2.42. The summed E-state index contributed by atoms with van der Waals surface area (Å²) in [4.78, 5) is 11.8. The lowest BCUT2D eigenvalue weighted by Gasteiger charge is -2.14. The van der Waals surface area contributed by atoms with Gasteiger partial charge in [-0.15, -0.1) is 11.6 Å². The van der Waals surface area contributed by atoms with Crippen LogP contribution in [0.1, 0.15) is 18.4 Å². The van der Waals surface area contributed by atoms with Crippen molar-refractivity contribution in [1.82, 2.24) is 5.32 Å². The minimum Gasteiger partial charge on any atom is -0.349 e. The molecule has 0 spiro atoms. The lowest BCUT2D eigenvalue weighted by Crippen LogP contribution is -2.39. The van der Waals surface area contributed by atoms with Crippen LogP contribution in [0, 0.1) is 0 Å². The van der Waals surface area contributed by atoms with Crippen LogP contribution in [0.4, 0.5) is 0 Å². The van der Waals surface area contributed by atoms with E-state index in [1.54, 1.807) is 18.2 Å². The fraction of sp³-hybridized carbons (Fsp3) is 0.417. The normalized spacial score (nSPS) is 16.6. The van der Waals surface area contributed by atoms with Crippen LogP contribution in [-0.4, -0.2) is 17.3 Å². The molecule has 17 heavy (non-hydrogen) atoms. The van der Waals surface area contributed by atoms with Gasteiger partial charge in [-0.25, -0.2) is 0 Å². The number of hydrogen-bond acceptors (Lipinski definition) is 1. The second kappa shape index (κ2) is 5.05. The first-order valence-electron chi connectivity index (χ1n) is 5.36. The zero-order chi connectivity index (χ0) is 12.5. The Morgan fingerprint density at radius 3 is 2.53 bits per heavy atom. The van der Waals surface area contributed by atoms with Crippen molar-refractivity contribution in [3.8, 4) is 0 Å². The molecule has 5 heteroatoms. The highest BCUT2D eigenvalue weighted by Crippen LogP contribution is 2.36. The number of amides is 1. The minimum atomic E-state index is -0.158. The topological polar surface area (TPSA) is 29.1 Å². The van der Waals surface area contributed by atoms with E-state index in [-0.39, 0.29) is 11.4 Å². The van der Waals surface area contributed by atoms with Gasteiger partial charge in [0.15, 0.2) is 0 Å². The number of benzene rings is 1. The highest BCUT2D eigenvalue weighted by molar-refractivity contribution is 6.42. The summed E-state index contributed by atoms with van der Waals surface area (Å²) in [5.74, 6) is 0.446. The van der Waals surface area contributed by atoms with E-state index in [1.807, 2.05) is 0 Å². The molecule has 2 nitrogen and oxygen atoms in total. The van der Waals surface area contributed by atoms with E-state index in [0.29, 0.717) is 22.3 Å². The molecule has 1 amide bonds. The van der Waals surface area contributed by atoms with Gasteiger partial charge in [0.2, 0.25) is 5.91 Å². The Kier molecular flexibility index (Phi) is 3.86. The molecule has 0 aromatic heterocycles. The van der Waals surface area contributed by atoms with Gasteiger partial charge in [-0.3, -0.25) is 4.79 Å². The smallest absolute Gasteiger partial charge is 0.224 e. The molecule has 0 aliphatic heterocycles. The number of carbonyl (C=O) groups is 1. The van der Waals surface area contributed by atoms with Gasteiger partial charge in [0, 0.05) is 5.88 Å². The zero-order valence-electron chi connectivity index (χ0n) is 9.10. The number of alkyl halides is 1. The summed E-state index contributed by atoms with van der Waals surface area (Å²) in [5, 5.41) is 3.92. The predicted octanol–water partition coefficient (Wildman–Crippen LogP) is 3.42. The Hall–Kier alpha value is -0.440. The summed E-state index contributed by atoms with van der Waals surface area (Å²) in [6, 6.07) is 5.21. The molecule has 2 rings (SSSR count). The molecule has 1 saturated carbocycles. The average molecular weight is 293 g/mol. The van der Waals surface area contributed by atoms with Gasteiger partial charge in [0.25, 0.3) is 0 Å². The fourth-order valence-corrected chi connectivity index (χ4v) is 2.27. The molecule has 0 unspecified atom stereocenters. The van der Waals surface area contributed by atoms with Crippen LogP contribution < -0.4 is 5.32 Å². The van der Waals surface area contributed by atoms with Gasteiger partial charge >= 0.3 is 0 Å². The van der Waals surface area contributed by atoms with Crippen LogP contribution in [0.5, 0.6) is 0 Å². The molecule has 0 saturated heterocycles. The largest absolute Gasteiger partial charge is 0.349 e. The van der Waals surface area contributed by atoms with E-state index in [2.05, 4.69) is 5.32 Å². The molecule has 0 bridgehead atoms. The molecule has 1 aliphatic carbocycles. The lowest BCUT2D eigenvalue weighted by molar-refractivity contribution is -0.121. The third kappa shape index (κ3) is 3.27. The average Bonchev–Trinajstić information content (AvgIpc) is 3.04. The quantitative estimate of drug-likeness (QED) is 0.847. The maximum absolute atomic E-state index is 11.8. The monoisotopic (exact) mass is 291 g/mol. The Morgan fingerprint density at radius 2 is 2.00 bits per heavy atom. The van der Waals surface area contributed by atoms with Crippen LogP contribution >= 0.6 is 34.8 Å². The van der Waals surface area contributed by atoms with Crippen molar-refractivity contribution in [1.29, 1.82) is 0 Å². The van der Waals surface area contributed by atoms with Gasteiger partial charge in [-0.1, -0.05) is 29.3 Å². The summed E-state index contributed by atoms with van der Waals surface area (Å²) in [6.45, 7) is 0. The van der Waals surface area contributed by atoms with Gasteiger partial charge < -0.3 is 5.32 Å². The van der Waals surface area contributed by atoms with E-state index in [9.17, 15) is 4.79 Å². The Labute approximate surface area is 115 Å². The van der Waals surface area contributed by atoms with Crippen molar-refractivity contribution in [3.05, 3.63) is 33.8 Å². The summed E-state index contributed by atoms with van der Waals surface area (Å²) >= 11 is 17.5. The van der Waals surface area contributed by atoms with Crippen LogP contribution in [-0.2, 0) is 11.2 Å². The molecule has 1 N–H and O–H groups in total. The third-order valence-corrected chi connectivity index (χ3v) is 4.11. The molecule has 0 heterocycles. The third-order valence-electron chi connectivity index (χ3n) is 2.86. The molecule has 92 valence electrons. The molecule has 1 aromatic rings. The number of hydrogen-bond donors (Lipinski definition) is 1. The Morgan fingerprint density at radius 1 is 1.29 bits per heavy atom. The number of carbonyl (C=O) groups excluding carboxylic acids is 1. The van der Waals surface area contributed by atoms with Crippen molar-refractivity contribution >= 4 is 40.7 Å². The first kappa shape index (κ1) is 13.0. The molecule has 1 fully saturated rings. The van der Waals surface area contributed by atoms with Crippen molar-refractivity contribution in [2.24, 2.45) is 0 Å². The first-order chi connectivity index (χ1) is 8.04. The van der Waals surface area contributed by atoms with Gasteiger partial charge in [0.05, 0.1) is 22.0 Å². The maximum atomic E-state index is 11.8. The van der Waals surface area contributed by atoms with Crippen molar-refractivity contribution in [2.75, 3.05) is 5.88 Å². The van der Waals surface area contributed by atoms with E-state index >= 15 is 0 Å². The van der Waals surface area contributed by atoms with Crippen LogP contribution in [0.15, 0.2) is 18.2 Å². The zero-order valence-corrected chi connectivity index (χ0v) is 11.4. The van der Waals surface area contributed by atoms with Crippen LogP contribution in [0.25, 0.3) is 0 Å². The summed E-state index contributed by atoms with van der Waals surface area (Å²) in [5.41, 5.74) is 0.691. The van der Waals surface area contributed by atoms with Crippen LogP contribution in [0.2, 0.25) is 10.0 Å². The van der Waals surface area contributed by atoms with Crippen molar-refractivity contribution < 1.29 is 4.79 Å². The number of rotatable bonds is 4. The Bertz CT molecular complexity index is 443. The molecular formula is C12H12Cl3NO. The standard InChI is InChI=1S/C12H12Cl3NO/c13-7-12(3-4-12)16-11(17)6-8-1-2-9(14)10(15)5-8/h1-2,5H,3-4,6-7H2,(H,16,17). The van der Waals surface area contributed by atoms with Crippen LogP contribution in [0.3, 0.4) is 0 Å². The van der Waals surface area contributed by atoms with E-state index in [4.69, 9.17) is 34.8 Å². The maximum Gasteiger partial charge on any atom is 0.224 e. The molecular weight excluding hydrogens is 280 g/mol. The predicted molar refractivity (Wildman–Crippen MR) is 71.0 cm³/mol. The van der Waals surface area contributed by atoms with E-state index < -0.39 is 0 Å². The number of halogens is 3. The first-order valence-corrected chi connectivity index (χ1v) is 6.65. The SMILES string of the molecule is O=C(Cc1ccc(Cl)c(Cl)c1)NC1(CCl)CC1. The second-order valence-electron chi connectivity index (χ2n) is 4.39. The second-order valence-corrected chi connectivity index (χ2v) is 5.47. The number of nitrogens with one attached hydrogen (secondary N) is 1. The van der Waals surface area contributed by atoms with E-state index in [1.165, 1.54) is 0 Å². The van der Waals surface area contributed by atoms with Gasteiger partial charge in [0.1, 0.15) is 0 Å². The molecule has 1 aromatic carbocycles. The molecule has 0 radical (unpaired) electrons. The summed E-state index contributed by atoms with van der Waals surface area (Å²) in [7, 11) is 0. The van der Waals surface area contributed by atoms with E-state index in [0.717, 1.165) is 18.4 Å². The van der Waals surface area contributed by atoms with Crippen molar-refractivity contribution in [2.45, 2.75) is 24.8 Å².